The molecule has 0 aromatic heterocycles. The third-order valence-corrected chi connectivity index (χ3v) is 3.27. The van der Waals surface area contributed by atoms with Gasteiger partial charge in [-0.3, -0.25) is 0 Å². The summed E-state index contributed by atoms with van der Waals surface area (Å²) in [6.45, 7) is 9.05. The Bertz CT molecular complexity index is 562. The predicted molar refractivity (Wildman–Crippen MR) is 104 cm³/mol. The maximum absolute atomic E-state index is 11.4. The van der Waals surface area contributed by atoms with Gasteiger partial charge in [0.15, 0.2) is 0 Å². The van der Waals surface area contributed by atoms with E-state index in [1.807, 2.05) is 0 Å². The van der Waals surface area contributed by atoms with Gasteiger partial charge < -0.3 is 29.6 Å². The molecule has 0 aliphatic rings. The summed E-state index contributed by atoms with van der Waals surface area (Å²) in [6.07, 6.45) is 3.15. The second kappa shape index (κ2) is 17.1. The van der Waals surface area contributed by atoms with Gasteiger partial charge in [0, 0.05) is 24.7 Å². The maximum Gasteiger partial charge on any atom is 0.407 e. The van der Waals surface area contributed by atoms with E-state index in [9.17, 15) is 19.2 Å². The molecule has 10 nitrogen and oxygen atoms in total. The fourth-order valence-electron chi connectivity index (χ4n) is 1.81. The monoisotopic (exact) mass is 414 g/mol. The van der Waals surface area contributed by atoms with Gasteiger partial charge in [0.1, 0.15) is 26.4 Å². The minimum atomic E-state index is -0.571. The molecule has 0 atom stereocenters. The molecule has 0 saturated carbocycles. The van der Waals surface area contributed by atoms with Crippen molar-refractivity contribution >= 4 is 24.1 Å². The Hall–Kier alpha value is -3.04. The van der Waals surface area contributed by atoms with Crippen LogP contribution in [0.15, 0.2) is 24.8 Å². The molecule has 164 valence electrons. The van der Waals surface area contributed by atoms with Crippen molar-refractivity contribution in [2.45, 2.75) is 32.6 Å². The number of alkyl carbamates (subject to hydrolysis) is 2. The molecule has 0 aliphatic carbocycles. The molecule has 0 aromatic rings. The number of ether oxygens (including phenoxy) is 4. The number of carbonyl (C=O) groups excluding carboxylic acids is 4. The van der Waals surface area contributed by atoms with Crippen LogP contribution in [-0.4, -0.2) is 63.6 Å². The van der Waals surface area contributed by atoms with Crippen molar-refractivity contribution in [2.75, 3.05) is 39.5 Å². The Kier molecular flexibility index (Phi) is 15.3. The molecule has 29 heavy (non-hydrogen) atoms. The first-order chi connectivity index (χ1) is 13.9. The van der Waals surface area contributed by atoms with Crippen molar-refractivity contribution in [3.8, 4) is 0 Å². The first-order valence-corrected chi connectivity index (χ1v) is 9.30. The molecule has 0 heterocycles. The van der Waals surface area contributed by atoms with Gasteiger partial charge in [-0.1, -0.05) is 26.0 Å². The summed E-state index contributed by atoms with van der Waals surface area (Å²) in [5.41, 5.74) is 0.285. The van der Waals surface area contributed by atoms with Crippen LogP contribution in [0.4, 0.5) is 9.59 Å². The smallest absolute Gasteiger partial charge is 0.407 e. The predicted octanol–water partition coefficient (Wildman–Crippen LogP) is 1.85. The lowest BCUT2D eigenvalue weighted by atomic mass is 10.2. The normalized spacial score (nSPS) is 9.69. The van der Waals surface area contributed by atoms with E-state index in [0.29, 0.717) is 13.1 Å². The average molecular weight is 414 g/mol. The third-order valence-electron chi connectivity index (χ3n) is 3.27. The van der Waals surface area contributed by atoms with Crippen LogP contribution >= 0.6 is 0 Å². The van der Waals surface area contributed by atoms with E-state index in [4.69, 9.17) is 14.2 Å². The molecule has 0 saturated heterocycles. The molecule has 0 aliphatic heterocycles. The second-order valence-electron chi connectivity index (χ2n) is 5.83. The highest BCUT2D eigenvalue weighted by molar-refractivity contribution is 5.86. The summed E-state index contributed by atoms with van der Waals surface area (Å²) in [6, 6.07) is 0. The summed E-state index contributed by atoms with van der Waals surface area (Å²) in [5.74, 6) is -1.09. The van der Waals surface area contributed by atoms with Gasteiger partial charge in [-0.2, -0.15) is 0 Å². The Balaban J connectivity index is 3.41. The van der Waals surface area contributed by atoms with E-state index >= 15 is 0 Å². The fourth-order valence-corrected chi connectivity index (χ4v) is 1.81. The van der Waals surface area contributed by atoms with Crippen molar-refractivity contribution in [1.29, 1.82) is 0 Å². The molecule has 10 heteroatoms. The SMILES string of the molecule is C=CC(=O)OCCOC(=O)NCCCCCCNC(=O)OCCOC(=O)C(=C)C. The lowest BCUT2D eigenvalue weighted by Gasteiger charge is -2.08. The molecule has 2 N–H and O–H groups in total. The number of carbonyl (C=O) groups is 4. The molecule has 0 bridgehead atoms. The Labute approximate surface area is 170 Å². The minimum Gasteiger partial charge on any atom is -0.459 e. The van der Waals surface area contributed by atoms with E-state index in [1.54, 1.807) is 0 Å². The number of esters is 2. The van der Waals surface area contributed by atoms with Crippen LogP contribution in [0.1, 0.15) is 32.6 Å². The zero-order valence-electron chi connectivity index (χ0n) is 16.8. The zero-order chi connectivity index (χ0) is 21.9. The van der Waals surface area contributed by atoms with Crippen molar-refractivity contribution in [2.24, 2.45) is 0 Å². The molecular weight excluding hydrogens is 384 g/mol. The highest BCUT2D eigenvalue weighted by atomic mass is 16.6. The van der Waals surface area contributed by atoms with Gasteiger partial charge in [0.25, 0.3) is 0 Å². The van der Waals surface area contributed by atoms with Crippen LogP contribution in [0.3, 0.4) is 0 Å². The van der Waals surface area contributed by atoms with Crippen molar-refractivity contribution in [1.82, 2.24) is 10.6 Å². The number of unbranched alkanes of at least 4 members (excludes halogenated alkanes) is 3. The molecule has 0 fully saturated rings. The van der Waals surface area contributed by atoms with Crippen molar-refractivity contribution in [3.05, 3.63) is 24.8 Å². The average Bonchev–Trinajstić information content (AvgIpc) is 2.69. The summed E-state index contributed by atoms with van der Waals surface area (Å²) in [5, 5.41) is 5.18. The number of rotatable bonds is 15. The van der Waals surface area contributed by atoms with E-state index < -0.39 is 24.1 Å². The number of nitrogens with one attached hydrogen (secondary N) is 2. The van der Waals surface area contributed by atoms with Gasteiger partial charge in [-0.25, -0.2) is 19.2 Å². The Morgan fingerprint density at radius 3 is 1.66 bits per heavy atom. The highest BCUT2D eigenvalue weighted by Crippen LogP contribution is 1.98. The molecule has 0 spiro atoms. The third kappa shape index (κ3) is 16.8. The Morgan fingerprint density at radius 2 is 1.21 bits per heavy atom. The molecule has 2 amide bonds. The first kappa shape index (κ1) is 26.0. The summed E-state index contributed by atoms with van der Waals surface area (Å²) in [7, 11) is 0. The lowest BCUT2D eigenvalue weighted by Crippen LogP contribution is -2.27. The lowest BCUT2D eigenvalue weighted by molar-refractivity contribution is -0.140. The van der Waals surface area contributed by atoms with E-state index in [1.165, 1.54) is 6.92 Å². The molecule has 0 rings (SSSR count). The van der Waals surface area contributed by atoms with Gasteiger partial charge in [0.2, 0.25) is 0 Å². The fraction of sp³-hybridized carbons (Fsp3) is 0.579. The second-order valence-corrected chi connectivity index (χ2v) is 5.83. The van der Waals surface area contributed by atoms with Crippen LogP contribution in [0, 0.1) is 0 Å². The van der Waals surface area contributed by atoms with Crippen LogP contribution in [0.5, 0.6) is 0 Å². The summed E-state index contributed by atoms with van der Waals surface area (Å²) >= 11 is 0. The quantitative estimate of drug-likeness (QED) is 0.180. The maximum atomic E-state index is 11.4. The number of amides is 2. The van der Waals surface area contributed by atoms with Crippen LogP contribution < -0.4 is 10.6 Å². The van der Waals surface area contributed by atoms with Gasteiger partial charge >= 0.3 is 24.1 Å². The molecule has 0 radical (unpaired) electrons. The highest BCUT2D eigenvalue weighted by Gasteiger charge is 2.05. The summed E-state index contributed by atoms with van der Waals surface area (Å²) in [4.78, 5) is 44.6. The molecular formula is C19H30N2O8. The standard InChI is InChI=1S/C19H30N2O8/c1-4-16(22)26-11-13-28-18(24)20-9-7-5-6-8-10-21-19(25)29-14-12-27-17(23)15(2)3/h4H,1-2,5-14H2,3H3,(H,20,24)(H,21,25). The Morgan fingerprint density at radius 1 is 0.759 bits per heavy atom. The summed E-state index contributed by atoms with van der Waals surface area (Å²) < 4.78 is 19.1. The van der Waals surface area contributed by atoms with Crippen LogP contribution in [0.25, 0.3) is 0 Å². The molecule has 0 aromatic carbocycles. The van der Waals surface area contributed by atoms with Crippen molar-refractivity contribution in [3.63, 3.8) is 0 Å². The van der Waals surface area contributed by atoms with Gasteiger partial charge in [-0.15, -0.1) is 0 Å². The zero-order valence-corrected chi connectivity index (χ0v) is 16.8. The minimum absolute atomic E-state index is 0.0193. The first-order valence-electron chi connectivity index (χ1n) is 9.30. The largest absolute Gasteiger partial charge is 0.459 e. The van der Waals surface area contributed by atoms with Crippen LogP contribution in [-0.2, 0) is 28.5 Å². The van der Waals surface area contributed by atoms with E-state index in [0.717, 1.165) is 31.8 Å². The van der Waals surface area contributed by atoms with Crippen molar-refractivity contribution < 1.29 is 38.1 Å². The molecule has 0 unspecified atom stereocenters. The topological polar surface area (TPSA) is 129 Å². The van der Waals surface area contributed by atoms with Gasteiger partial charge in [0.05, 0.1) is 0 Å². The van der Waals surface area contributed by atoms with E-state index in [-0.39, 0.29) is 32.0 Å². The van der Waals surface area contributed by atoms with E-state index in [2.05, 4.69) is 28.5 Å². The van der Waals surface area contributed by atoms with Gasteiger partial charge in [-0.05, 0) is 19.8 Å². The number of hydrogen-bond acceptors (Lipinski definition) is 8. The van der Waals surface area contributed by atoms with Crippen LogP contribution in [0.2, 0.25) is 0 Å². The number of hydrogen-bond donors (Lipinski definition) is 2.